The summed E-state index contributed by atoms with van der Waals surface area (Å²) in [5.74, 6) is -1.01. The number of aliphatic hydroxyl groups is 1. The number of urea groups is 1. The molecule has 0 aromatic rings. The highest BCUT2D eigenvalue weighted by molar-refractivity contribution is 5.74. The zero-order valence-corrected chi connectivity index (χ0v) is 11.7. The van der Waals surface area contributed by atoms with E-state index in [2.05, 4.69) is 10.6 Å². The molecule has 2 amide bonds. The van der Waals surface area contributed by atoms with E-state index in [9.17, 15) is 14.7 Å². The Kier molecular flexibility index (Phi) is 4.86. The highest BCUT2D eigenvalue weighted by atomic mass is 16.4. The topological polar surface area (TPSA) is 98.7 Å². The molecule has 0 heterocycles. The van der Waals surface area contributed by atoms with Crippen LogP contribution in [0.5, 0.6) is 0 Å². The first-order valence-corrected chi connectivity index (χ1v) is 7.48. The van der Waals surface area contributed by atoms with Gasteiger partial charge in [0.25, 0.3) is 0 Å². The van der Waals surface area contributed by atoms with Gasteiger partial charge < -0.3 is 20.8 Å². The molecule has 114 valence electrons. The largest absolute Gasteiger partial charge is 0.481 e. The second-order valence-corrected chi connectivity index (χ2v) is 6.15. The van der Waals surface area contributed by atoms with E-state index in [4.69, 9.17) is 5.11 Å². The minimum Gasteiger partial charge on any atom is -0.481 e. The van der Waals surface area contributed by atoms with E-state index < -0.39 is 11.6 Å². The molecule has 2 aliphatic rings. The standard InChI is InChI=1S/C14H24N2O4/c17-12(18)10-3-5-11(6-4-10)16-13(19)15-9-14(20)7-1-2-8-14/h10-11,20H,1-9H2,(H,17,18)(H2,15,16,19). The Morgan fingerprint density at radius 3 is 2.25 bits per heavy atom. The molecule has 0 aromatic carbocycles. The molecule has 0 aliphatic heterocycles. The zero-order chi connectivity index (χ0) is 14.6. The molecule has 0 unspecified atom stereocenters. The smallest absolute Gasteiger partial charge is 0.315 e. The molecule has 0 spiro atoms. The van der Waals surface area contributed by atoms with Crippen LogP contribution in [0.3, 0.4) is 0 Å². The molecule has 0 aromatic heterocycles. The lowest BCUT2D eigenvalue weighted by molar-refractivity contribution is -0.142. The number of carboxylic acid groups (broad SMARTS) is 1. The summed E-state index contributed by atoms with van der Waals surface area (Å²) in [4.78, 5) is 22.6. The Balaban J connectivity index is 1.66. The van der Waals surface area contributed by atoms with Crippen molar-refractivity contribution in [3.8, 4) is 0 Å². The number of amides is 2. The third kappa shape index (κ3) is 4.10. The summed E-state index contributed by atoms with van der Waals surface area (Å²) in [6.07, 6.45) is 6.16. The second kappa shape index (κ2) is 6.43. The Morgan fingerprint density at radius 1 is 1.10 bits per heavy atom. The zero-order valence-electron chi connectivity index (χ0n) is 11.7. The monoisotopic (exact) mass is 284 g/mol. The minimum atomic E-state index is -0.739. The molecule has 20 heavy (non-hydrogen) atoms. The van der Waals surface area contributed by atoms with Crippen LogP contribution in [0.4, 0.5) is 4.79 Å². The maximum atomic E-state index is 11.8. The Labute approximate surface area is 118 Å². The van der Waals surface area contributed by atoms with Gasteiger partial charge in [-0.3, -0.25) is 4.79 Å². The van der Waals surface area contributed by atoms with Gasteiger partial charge >= 0.3 is 12.0 Å². The summed E-state index contributed by atoms with van der Waals surface area (Å²) in [7, 11) is 0. The van der Waals surface area contributed by atoms with E-state index in [-0.39, 0.29) is 18.0 Å². The van der Waals surface area contributed by atoms with Crippen molar-refractivity contribution >= 4 is 12.0 Å². The quantitative estimate of drug-likeness (QED) is 0.624. The molecule has 0 radical (unpaired) electrons. The van der Waals surface area contributed by atoms with E-state index >= 15 is 0 Å². The van der Waals surface area contributed by atoms with Gasteiger partial charge in [-0.15, -0.1) is 0 Å². The number of hydrogen-bond donors (Lipinski definition) is 4. The highest BCUT2D eigenvalue weighted by Gasteiger charge is 2.32. The van der Waals surface area contributed by atoms with Crippen LogP contribution in [0.2, 0.25) is 0 Å². The first-order chi connectivity index (χ1) is 9.48. The van der Waals surface area contributed by atoms with Crippen molar-refractivity contribution in [3.05, 3.63) is 0 Å². The van der Waals surface area contributed by atoms with Gasteiger partial charge in [0.2, 0.25) is 0 Å². The average molecular weight is 284 g/mol. The van der Waals surface area contributed by atoms with Crippen LogP contribution >= 0.6 is 0 Å². The molecule has 2 rings (SSSR count). The lowest BCUT2D eigenvalue weighted by Gasteiger charge is -2.28. The fourth-order valence-electron chi connectivity index (χ4n) is 3.18. The summed E-state index contributed by atoms with van der Waals surface area (Å²) in [6, 6.07) is -0.215. The van der Waals surface area contributed by atoms with E-state index in [1.165, 1.54) is 0 Å². The van der Waals surface area contributed by atoms with E-state index in [0.717, 1.165) is 25.7 Å². The number of carboxylic acids is 1. The fourth-order valence-corrected chi connectivity index (χ4v) is 3.18. The predicted octanol–water partition coefficient (Wildman–Crippen LogP) is 1.23. The number of rotatable bonds is 4. The lowest BCUT2D eigenvalue weighted by Crippen LogP contribution is -2.48. The molecule has 2 fully saturated rings. The third-order valence-electron chi connectivity index (χ3n) is 4.52. The van der Waals surface area contributed by atoms with Gasteiger partial charge in [-0.2, -0.15) is 0 Å². The fraction of sp³-hybridized carbons (Fsp3) is 0.857. The van der Waals surface area contributed by atoms with Crippen molar-refractivity contribution in [1.29, 1.82) is 0 Å². The summed E-state index contributed by atoms with van der Waals surface area (Å²) in [5, 5.41) is 24.6. The number of carbonyl (C=O) groups excluding carboxylic acids is 1. The van der Waals surface area contributed by atoms with Crippen molar-refractivity contribution < 1.29 is 19.8 Å². The van der Waals surface area contributed by atoms with Gasteiger partial charge in [0.1, 0.15) is 0 Å². The van der Waals surface area contributed by atoms with Gasteiger partial charge in [-0.1, -0.05) is 12.8 Å². The molecule has 6 nitrogen and oxygen atoms in total. The van der Waals surface area contributed by atoms with Crippen molar-refractivity contribution in [2.75, 3.05) is 6.54 Å². The highest BCUT2D eigenvalue weighted by Crippen LogP contribution is 2.28. The summed E-state index contributed by atoms with van der Waals surface area (Å²) in [6.45, 7) is 0.295. The van der Waals surface area contributed by atoms with Crippen LogP contribution in [0, 0.1) is 5.92 Å². The van der Waals surface area contributed by atoms with Gasteiger partial charge in [0.15, 0.2) is 0 Å². The molecule has 0 atom stereocenters. The average Bonchev–Trinajstić information content (AvgIpc) is 2.85. The number of aliphatic carboxylic acids is 1. The van der Waals surface area contributed by atoms with E-state index in [1.807, 2.05) is 0 Å². The Bertz CT molecular complexity index is 358. The Hall–Kier alpha value is -1.30. The second-order valence-electron chi connectivity index (χ2n) is 6.15. The molecule has 4 N–H and O–H groups in total. The SMILES string of the molecule is O=C(NCC1(O)CCCC1)NC1CCC(C(=O)O)CC1. The van der Waals surface area contributed by atoms with Crippen LogP contribution in [-0.4, -0.2) is 40.4 Å². The summed E-state index contributed by atoms with van der Waals surface area (Å²) >= 11 is 0. The van der Waals surface area contributed by atoms with Crippen LogP contribution < -0.4 is 10.6 Å². The van der Waals surface area contributed by atoms with Gasteiger partial charge in [-0.05, 0) is 38.5 Å². The summed E-state index contributed by atoms with van der Waals surface area (Å²) in [5.41, 5.74) is -0.738. The Morgan fingerprint density at radius 2 is 1.70 bits per heavy atom. The molecule has 0 bridgehead atoms. The van der Waals surface area contributed by atoms with Crippen molar-refractivity contribution in [2.24, 2.45) is 5.92 Å². The lowest BCUT2D eigenvalue weighted by atomic mass is 9.86. The van der Waals surface area contributed by atoms with Crippen LogP contribution in [0.15, 0.2) is 0 Å². The van der Waals surface area contributed by atoms with Crippen molar-refractivity contribution in [3.63, 3.8) is 0 Å². The maximum absolute atomic E-state index is 11.8. The number of nitrogens with one attached hydrogen (secondary N) is 2. The van der Waals surface area contributed by atoms with E-state index in [0.29, 0.717) is 32.2 Å². The number of carbonyl (C=O) groups is 2. The molecule has 2 aliphatic carbocycles. The van der Waals surface area contributed by atoms with Gasteiger partial charge in [-0.25, -0.2) is 4.79 Å². The third-order valence-corrected chi connectivity index (χ3v) is 4.52. The normalized spacial score (nSPS) is 28.9. The van der Waals surface area contributed by atoms with Crippen molar-refractivity contribution in [2.45, 2.75) is 63.0 Å². The minimum absolute atomic E-state index is 0.0452. The van der Waals surface area contributed by atoms with Crippen LogP contribution in [-0.2, 0) is 4.79 Å². The molecular formula is C14H24N2O4. The first-order valence-electron chi connectivity index (χ1n) is 7.48. The van der Waals surface area contributed by atoms with Crippen LogP contribution in [0.25, 0.3) is 0 Å². The first kappa shape index (κ1) is 15.1. The molecule has 0 saturated heterocycles. The van der Waals surface area contributed by atoms with Gasteiger partial charge in [0.05, 0.1) is 11.5 Å². The summed E-state index contributed by atoms with van der Waals surface area (Å²) < 4.78 is 0. The molecule has 6 heteroatoms. The van der Waals surface area contributed by atoms with Crippen LogP contribution in [0.1, 0.15) is 51.4 Å². The van der Waals surface area contributed by atoms with Crippen molar-refractivity contribution in [1.82, 2.24) is 10.6 Å². The number of hydrogen-bond acceptors (Lipinski definition) is 3. The molecule has 2 saturated carbocycles. The predicted molar refractivity (Wildman–Crippen MR) is 73.3 cm³/mol. The molecular weight excluding hydrogens is 260 g/mol. The van der Waals surface area contributed by atoms with Gasteiger partial charge in [0, 0.05) is 12.6 Å². The maximum Gasteiger partial charge on any atom is 0.315 e. The van der Waals surface area contributed by atoms with E-state index in [1.54, 1.807) is 0 Å².